The van der Waals surface area contributed by atoms with Gasteiger partial charge in [0, 0.05) is 40.4 Å². The first-order valence-electron chi connectivity index (χ1n) is 27.7. The molecule has 0 N–H and O–H groups in total. The number of aryl methyl sites for hydroxylation is 4. The second-order valence-electron chi connectivity index (χ2n) is 21.3. The van der Waals surface area contributed by atoms with E-state index in [4.69, 9.17) is 13.8 Å². The molecule has 0 atom stereocenters. The average molecular weight is 1230 g/mol. The Morgan fingerprint density at radius 1 is 0.519 bits per heavy atom. The molecule has 5 aromatic heterocycles. The van der Waals surface area contributed by atoms with Crippen molar-refractivity contribution in [3.63, 3.8) is 0 Å². The largest absolute Gasteiger partial charge is 3.00 e. The molecule has 0 saturated heterocycles. The Balaban J connectivity index is 0.000000169. The molecule has 0 bridgehead atoms. The summed E-state index contributed by atoms with van der Waals surface area (Å²) in [7, 11) is 0. The first-order chi connectivity index (χ1) is 39.3. The molecule has 9 aromatic carbocycles. The van der Waals surface area contributed by atoms with Crippen molar-refractivity contribution in [2.45, 2.75) is 65.2 Å². The number of hydrogen-bond acceptors (Lipinski definition) is 5. The van der Waals surface area contributed by atoms with Crippen LogP contribution >= 0.6 is 0 Å². The molecule has 0 spiro atoms. The first-order valence-corrected chi connectivity index (χ1v) is 27.7. The molecule has 0 fully saturated rings. The average Bonchev–Trinajstić information content (AvgIpc) is 4.51. The van der Waals surface area contributed by atoms with Crippen LogP contribution in [0.25, 0.3) is 100 Å². The number of hydrogen-bond donors (Lipinski definition) is 0. The minimum absolute atomic E-state index is 0. The molecule has 0 aliphatic heterocycles. The van der Waals surface area contributed by atoms with Crippen molar-refractivity contribution in [1.82, 2.24) is 24.3 Å². The van der Waals surface area contributed by atoms with Gasteiger partial charge in [-0.25, -0.2) is 0 Å². The fraction of sp³-hybridized carbons (Fsp3) is 0.137. The van der Waals surface area contributed by atoms with Crippen molar-refractivity contribution >= 4 is 54.9 Å². The van der Waals surface area contributed by atoms with Gasteiger partial charge in [-0.1, -0.05) is 136 Å². The SMILES string of the molecule is CC(C)c1cc(-c2ccc3c(c2)oc2ccccc23)cc(C(C)C)c1-n1c(-c2[c-]ccc3c2oc2ccccc23)nc2ccccc21.[Ir+3].[c-]1ccccc1-c1ccc(CCc2cccc(CCc3c[c-]c(-n4cccn4)cc3)c2)cn1. The minimum atomic E-state index is 0. The second kappa shape index (κ2) is 23.0. The molecule has 0 aliphatic carbocycles. The molecular weight excluding hydrogens is 1170 g/mol. The standard InChI is InChI=1S/C43H33N2O2.C30H25N3.Ir/c1-25(2)34-22-28(27-20-21-31-29-12-5-9-18-38(29)46-40(31)24-27)23-35(26(3)4)41(34)45-37-17-8-7-16-36(37)44-43(45)33-15-11-14-32-30-13-6-10-19-39(30)47-42(32)33;1-2-8-28(9-3-1)30-19-16-27(23-31-30)13-12-26-7-4-6-25(22-26)11-10-24-14-17-29(18-15-24)33-21-5-20-32-33;/h5-14,16-26H,1-4H3;1-8,14-17,19-23H,10-13H2;/q-1;-2;+3. The number of para-hydroxylation sites is 4. The third-order valence-corrected chi connectivity index (χ3v) is 15.3. The van der Waals surface area contributed by atoms with Gasteiger partial charge in [-0.2, -0.15) is 28.9 Å². The maximum atomic E-state index is 6.52. The number of aromatic nitrogens is 5. The van der Waals surface area contributed by atoms with E-state index in [1.165, 1.54) is 44.6 Å². The fourth-order valence-electron chi connectivity index (χ4n) is 11.1. The van der Waals surface area contributed by atoms with Gasteiger partial charge in [-0.05, 0) is 136 Å². The van der Waals surface area contributed by atoms with Crippen molar-refractivity contribution in [2.24, 2.45) is 0 Å². The molecule has 0 saturated carbocycles. The maximum Gasteiger partial charge on any atom is 3.00 e. The smallest absolute Gasteiger partial charge is 0.501 e. The molecule has 0 radical (unpaired) electrons. The summed E-state index contributed by atoms with van der Waals surface area (Å²) in [6.45, 7) is 9.11. The van der Waals surface area contributed by atoms with Gasteiger partial charge in [-0.3, -0.25) is 9.67 Å². The van der Waals surface area contributed by atoms with Gasteiger partial charge in [-0.15, -0.1) is 60.2 Å². The van der Waals surface area contributed by atoms with E-state index in [1.807, 2.05) is 77.7 Å². The van der Waals surface area contributed by atoms with Gasteiger partial charge in [0.05, 0.1) is 22.4 Å². The van der Waals surface area contributed by atoms with E-state index in [-0.39, 0.29) is 31.9 Å². The summed E-state index contributed by atoms with van der Waals surface area (Å²) in [6, 6.07) is 79.8. The van der Waals surface area contributed by atoms with Gasteiger partial charge >= 0.3 is 20.1 Å². The van der Waals surface area contributed by atoms with Crippen LogP contribution in [0.15, 0.2) is 228 Å². The van der Waals surface area contributed by atoms with Crippen LogP contribution in [0.4, 0.5) is 0 Å². The monoisotopic (exact) mass is 1230 g/mol. The molecule has 8 heteroatoms. The Morgan fingerprint density at radius 3 is 1.91 bits per heavy atom. The topological polar surface area (TPSA) is 74.8 Å². The van der Waals surface area contributed by atoms with Gasteiger partial charge in [0.1, 0.15) is 16.7 Å². The summed E-state index contributed by atoms with van der Waals surface area (Å²) in [6.07, 6.45) is 9.72. The third-order valence-electron chi connectivity index (χ3n) is 15.3. The number of nitrogens with zero attached hydrogens (tertiary/aromatic N) is 5. The summed E-state index contributed by atoms with van der Waals surface area (Å²) >= 11 is 0. The summed E-state index contributed by atoms with van der Waals surface area (Å²) in [5.41, 5.74) is 20.6. The van der Waals surface area contributed by atoms with Crippen molar-refractivity contribution < 1.29 is 28.9 Å². The number of rotatable bonds is 13. The van der Waals surface area contributed by atoms with Crippen LogP contribution < -0.4 is 0 Å². The van der Waals surface area contributed by atoms with Crippen LogP contribution in [0, 0.1) is 18.2 Å². The summed E-state index contributed by atoms with van der Waals surface area (Å²) < 4.78 is 17.0. The van der Waals surface area contributed by atoms with Crippen molar-refractivity contribution in [3.8, 4) is 45.1 Å². The van der Waals surface area contributed by atoms with E-state index < -0.39 is 0 Å². The Hall–Kier alpha value is -8.94. The normalized spacial score (nSPS) is 11.5. The van der Waals surface area contributed by atoms with Gasteiger partial charge in [0.15, 0.2) is 0 Å². The van der Waals surface area contributed by atoms with E-state index in [0.717, 1.165) is 114 Å². The Morgan fingerprint density at radius 2 is 1.21 bits per heavy atom. The Kier molecular flexibility index (Phi) is 15.0. The number of furan rings is 2. The van der Waals surface area contributed by atoms with Gasteiger partial charge < -0.3 is 18.4 Å². The van der Waals surface area contributed by atoms with Crippen LogP contribution in [-0.4, -0.2) is 24.3 Å². The van der Waals surface area contributed by atoms with Crippen LogP contribution in [0.2, 0.25) is 0 Å². The molecule has 0 unspecified atom stereocenters. The fourth-order valence-corrected chi connectivity index (χ4v) is 11.1. The second-order valence-corrected chi connectivity index (χ2v) is 21.3. The van der Waals surface area contributed by atoms with E-state index in [2.05, 4.69) is 200 Å². The van der Waals surface area contributed by atoms with Crippen molar-refractivity contribution in [1.29, 1.82) is 0 Å². The number of pyridine rings is 1. The molecule has 81 heavy (non-hydrogen) atoms. The van der Waals surface area contributed by atoms with E-state index in [0.29, 0.717) is 0 Å². The molecular formula is C73H58IrN5O2. The molecule has 14 rings (SSSR count). The van der Waals surface area contributed by atoms with Crippen molar-refractivity contribution in [3.05, 3.63) is 270 Å². The van der Waals surface area contributed by atoms with Crippen molar-refractivity contribution in [2.75, 3.05) is 0 Å². The van der Waals surface area contributed by atoms with Crippen LogP contribution in [0.5, 0.6) is 0 Å². The Labute approximate surface area is 485 Å². The first kappa shape index (κ1) is 52.7. The quantitative estimate of drug-likeness (QED) is 0.108. The number of imidazole rings is 1. The Bertz CT molecular complexity index is 4450. The predicted molar refractivity (Wildman–Crippen MR) is 326 cm³/mol. The summed E-state index contributed by atoms with van der Waals surface area (Å²) in [4.78, 5) is 9.90. The van der Waals surface area contributed by atoms with E-state index in [1.54, 1.807) is 6.20 Å². The molecule has 0 aliphatic rings. The predicted octanol–water partition coefficient (Wildman–Crippen LogP) is 18.3. The molecule has 14 aromatic rings. The summed E-state index contributed by atoms with van der Waals surface area (Å²) in [5, 5.41) is 8.70. The van der Waals surface area contributed by atoms with E-state index in [9.17, 15) is 0 Å². The maximum absolute atomic E-state index is 6.52. The third kappa shape index (κ3) is 10.7. The summed E-state index contributed by atoms with van der Waals surface area (Å²) in [5.74, 6) is 1.32. The zero-order valence-electron chi connectivity index (χ0n) is 45.7. The zero-order valence-corrected chi connectivity index (χ0v) is 48.0. The van der Waals surface area contributed by atoms with Crippen LogP contribution in [0.3, 0.4) is 0 Å². The van der Waals surface area contributed by atoms with Gasteiger partial charge in [0.25, 0.3) is 0 Å². The zero-order chi connectivity index (χ0) is 54.1. The van der Waals surface area contributed by atoms with Gasteiger partial charge in [0.2, 0.25) is 0 Å². The molecule has 5 heterocycles. The number of benzene rings is 9. The molecule has 396 valence electrons. The number of fused-ring (bicyclic) bond motifs is 7. The van der Waals surface area contributed by atoms with Crippen LogP contribution in [0.1, 0.15) is 72.9 Å². The van der Waals surface area contributed by atoms with E-state index >= 15 is 0 Å². The molecule has 0 amide bonds. The minimum Gasteiger partial charge on any atom is -0.501 e. The molecule has 7 nitrogen and oxygen atoms in total. The van der Waals surface area contributed by atoms with Crippen LogP contribution in [-0.2, 0) is 45.8 Å².